The highest BCUT2D eigenvalue weighted by Gasteiger charge is 2.52. The SMILES string of the molecule is COc1cc(C2[OH+]c3cc(O)cc(OC4OC(CO)C(O)C(O)C4O)c3C=C2OC2OC(CO)C(O)C(O)C2OC2OC(CO)C(O)C(O)C2O)ccc1O. The van der Waals surface area contributed by atoms with Crippen molar-refractivity contribution in [3.63, 3.8) is 0 Å². The van der Waals surface area contributed by atoms with Gasteiger partial charge in [-0.3, -0.25) is 0 Å². The van der Waals surface area contributed by atoms with Crippen LogP contribution in [0.25, 0.3) is 6.08 Å². The molecular weight excluding hydrogens is 744 g/mol. The first-order valence-corrected chi connectivity index (χ1v) is 17.1. The van der Waals surface area contributed by atoms with Crippen molar-refractivity contribution >= 4 is 6.08 Å². The van der Waals surface area contributed by atoms with Crippen LogP contribution in [-0.2, 0) is 23.7 Å². The van der Waals surface area contributed by atoms with E-state index in [0.717, 1.165) is 6.07 Å². The van der Waals surface area contributed by atoms with Crippen LogP contribution in [0.1, 0.15) is 17.2 Å². The van der Waals surface area contributed by atoms with Crippen LogP contribution in [0.5, 0.6) is 28.7 Å². The molecule has 16 unspecified atom stereocenters. The Morgan fingerprint density at radius 3 is 1.78 bits per heavy atom. The van der Waals surface area contributed by atoms with Gasteiger partial charge in [-0.2, -0.15) is 0 Å². The average molecular weight is 790 g/mol. The van der Waals surface area contributed by atoms with Crippen LogP contribution in [-0.4, -0.2) is 190 Å². The van der Waals surface area contributed by atoms with E-state index in [2.05, 4.69) is 0 Å². The summed E-state index contributed by atoms with van der Waals surface area (Å²) < 4.78 is 44.7. The Bertz CT molecular complexity index is 1650. The molecule has 4 heterocycles. The third-order valence-corrected chi connectivity index (χ3v) is 9.76. The third kappa shape index (κ3) is 8.00. The summed E-state index contributed by atoms with van der Waals surface area (Å²) in [6.07, 6.45) is -25.8. The van der Waals surface area contributed by atoms with Crippen LogP contribution in [0, 0.1) is 0 Å². The van der Waals surface area contributed by atoms with E-state index in [1.807, 2.05) is 0 Å². The molecule has 21 heteroatoms. The van der Waals surface area contributed by atoms with Gasteiger partial charge in [0.1, 0.15) is 84.2 Å². The molecule has 0 saturated carbocycles. The van der Waals surface area contributed by atoms with E-state index in [0.29, 0.717) is 5.56 Å². The summed E-state index contributed by atoms with van der Waals surface area (Å²) in [5.74, 6) is -0.879. The van der Waals surface area contributed by atoms with Crippen LogP contribution in [0.15, 0.2) is 36.1 Å². The standard InChI is InChI=1S/C34H44O21/c1-48-17-4-11(2-3-14(17)39)30-18(7-13-15(49-30)5-12(38)6-16(13)50-32-28(46)25(43)22(40)19(8-35)52-32)51-34-31(27(45)24(42)21(10-37)54-34)55-33-29(47)26(44)23(41)20(9-36)53-33/h2-7,19-47H,8-10H2,1H3/p+1. The number of hydrogen-bond donors (Lipinski definition) is 13. The van der Waals surface area contributed by atoms with Gasteiger partial charge in [0, 0.05) is 12.1 Å². The number of phenols is 2. The van der Waals surface area contributed by atoms with Crippen molar-refractivity contribution in [1.29, 1.82) is 0 Å². The number of methoxy groups -OCH3 is 1. The van der Waals surface area contributed by atoms with Crippen molar-refractivity contribution in [2.24, 2.45) is 0 Å². The second kappa shape index (κ2) is 16.9. The quantitative estimate of drug-likeness (QED) is 0.0951. The maximum atomic E-state index is 11.2. The highest BCUT2D eigenvalue weighted by Crippen LogP contribution is 2.47. The Hall–Kier alpha value is -3.62. The highest BCUT2D eigenvalue weighted by molar-refractivity contribution is 5.70. The number of phenolic OH excluding ortho intramolecular Hbond substituents is 2. The van der Waals surface area contributed by atoms with Gasteiger partial charge in [0.25, 0.3) is 11.9 Å². The lowest BCUT2D eigenvalue weighted by Gasteiger charge is -2.46. The second-order valence-electron chi connectivity index (χ2n) is 13.3. The van der Waals surface area contributed by atoms with E-state index in [4.69, 9.17) is 37.9 Å². The van der Waals surface area contributed by atoms with Gasteiger partial charge < -0.3 is 104 Å². The van der Waals surface area contributed by atoms with Crippen molar-refractivity contribution in [3.05, 3.63) is 47.2 Å². The number of fused-ring (bicyclic) bond motifs is 1. The fourth-order valence-corrected chi connectivity index (χ4v) is 6.63. The zero-order valence-corrected chi connectivity index (χ0v) is 28.9. The van der Waals surface area contributed by atoms with Crippen molar-refractivity contribution in [1.82, 2.24) is 0 Å². The maximum absolute atomic E-state index is 11.2. The molecule has 0 amide bonds. The van der Waals surface area contributed by atoms with Crippen molar-refractivity contribution in [2.45, 2.75) is 98.2 Å². The van der Waals surface area contributed by atoms with E-state index in [1.165, 1.54) is 37.5 Å². The van der Waals surface area contributed by atoms with Gasteiger partial charge >= 0.3 is 0 Å². The maximum Gasteiger partial charge on any atom is 0.270 e. The molecule has 2 aromatic carbocycles. The molecule has 14 N–H and O–H groups in total. The lowest BCUT2D eigenvalue weighted by atomic mass is 9.97. The number of aromatic hydroxyl groups is 3. The van der Waals surface area contributed by atoms with E-state index in [-0.39, 0.29) is 40.1 Å². The molecule has 306 valence electrons. The molecule has 3 saturated heterocycles. The molecule has 55 heavy (non-hydrogen) atoms. The summed E-state index contributed by atoms with van der Waals surface area (Å²) in [5.41, 5.74) is 0.376. The molecule has 0 bridgehead atoms. The first-order chi connectivity index (χ1) is 26.2. The van der Waals surface area contributed by atoms with Crippen molar-refractivity contribution in [3.8, 4) is 28.7 Å². The molecule has 2 aromatic rings. The van der Waals surface area contributed by atoms with Gasteiger partial charge in [0.15, 0.2) is 29.7 Å². The number of benzene rings is 2. The molecule has 6 rings (SSSR count). The fourth-order valence-electron chi connectivity index (χ4n) is 6.63. The van der Waals surface area contributed by atoms with Crippen LogP contribution in [0.4, 0.5) is 0 Å². The second-order valence-corrected chi connectivity index (χ2v) is 13.3. The Balaban J connectivity index is 1.41. The Morgan fingerprint density at radius 2 is 1.18 bits per heavy atom. The molecule has 4 aliphatic rings. The number of aliphatic hydroxyl groups is 12. The lowest BCUT2D eigenvalue weighted by molar-refractivity contribution is -0.364. The fraction of sp³-hybridized carbons (Fsp3) is 0.588. The number of ether oxygens (including phenoxy) is 8. The smallest absolute Gasteiger partial charge is 0.270 e. The van der Waals surface area contributed by atoms with Crippen LogP contribution in [0.2, 0.25) is 0 Å². The van der Waals surface area contributed by atoms with E-state index in [9.17, 15) is 66.4 Å². The summed E-state index contributed by atoms with van der Waals surface area (Å²) in [4.78, 5) is 0. The summed E-state index contributed by atoms with van der Waals surface area (Å²) >= 11 is 0. The summed E-state index contributed by atoms with van der Waals surface area (Å²) in [5, 5.41) is 135. The molecule has 4 aliphatic heterocycles. The minimum atomic E-state index is -1.94. The molecular formula is C34H45O21+. The zero-order valence-electron chi connectivity index (χ0n) is 28.9. The normalized spacial score (nSPS) is 39.0. The predicted molar refractivity (Wildman–Crippen MR) is 177 cm³/mol. The van der Waals surface area contributed by atoms with Gasteiger partial charge in [0.05, 0.1) is 38.6 Å². The predicted octanol–water partition coefficient (Wildman–Crippen LogP) is -4.74. The lowest BCUT2D eigenvalue weighted by Crippen LogP contribution is -2.64. The molecule has 0 radical (unpaired) electrons. The summed E-state index contributed by atoms with van der Waals surface area (Å²) in [6, 6.07) is 6.53. The molecule has 0 aromatic heterocycles. The van der Waals surface area contributed by atoms with E-state index < -0.39 is 118 Å². The van der Waals surface area contributed by atoms with Gasteiger partial charge in [-0.05, 0) is 18.2 Å². The third-order valence-electron chi connectivity index (χ3n) is 9.76. The minimum absolute atomic E-state index is 0.0250. The Morgan fingerprint density at radius 1 is 0.618 bits per heavy atom. The zero-order chi connectivity index (χ0) is 39.9. The average Bonchev–Trinajstić information content (AvgIpc) is 3.17. The van der Waals surface area contributed by atoms with Crippen LogP contribution >= 0.6 is 0 Å². The van der Waals surface area contributed by atoms with E-state index in [1.54, 1.807) is 0 Å². The summed E-state index contributed by atoms with van der Waals surface area (Å²) in [6.45, 7) is -2.39. The molecule has 0 spiro atoms. The Labute approximate surface area is 311 Å². The van der Waals surface area contributed by atoms with Crippen LogP contribution < -0.4 is 9.47 Å². The summed E-state index contributed by atoms with van der Waals surface area (Å²) in [7, 11) is 1.30. The first kappa shape index (κ1) is 41.0. The van der Waals surface area contributed by atoms with Gasteiger partial charge in [-0.15, -0.1) is 0 Å². The number of hydrogen-bond acceptors (Lipinski definition) is 20. The highest BCUT2D eigenvalue weighted by atomic mass is 16.8. The Kier molecular flexibility index (Phi) is 12.6. The molecule has 3 fully saturated rings. The minimum Gasteiger partial charge on any atom is -0.571 e. The number of rotatable bonds is 11. The molecule has 16 atom stereocenters. The largest absolute Gasteiger partial charge is 0.571 e. The van der Waals surface area contributed by atoms with Gasteiger partial charge in [-0.1, -0.05) is 0 Å². The number of aliphatic hydroxyl groups excluding tert-OH is 11. The monoisotopic (exact) mass is 789 g/mol. The van der Waals surface area contributed by atoms with Crippen LogP contribution in [0.3, 0.4) is 0 Å². The van der Waals surface area contributed by atoms with Crippen molar-refractivity contribution < 1.29 is 104 Å². The first-order valence-electron chi connectivity index (χ1n) is 17.1. The van der Waals surface area contributed by atoms with Crippen molar-refractivity contribution in [2.75, 3.05) is 26.9 Å². The molecule has 0 aliphatic carbocycles. The van der Waals surface area contributed by atoms with E-state index >= 15 is 0 Å². The topological polar surface area (TPSA) is 340 Å². The van der Waals surface area contributed by atoms with Gasteiger partial charge in [-0.25, -0.2) is 0 Å². The van der Waals surface area contributed by atoms with Gasteiger partial charge in [0.2, 0.25) is 12.6 Å². The molecule has 21 nitrogen and oxygen atoms in total.